The van der Waals surface area contributed by atoms with Gasteiger partial charge < -0.3 is 15.9 Å². The van der Waals surface area contributed by atoms with Crippen LogP contribution in [-0.2, 0) is 0 Å². The van der Waals surface area contributed by atoms with Gasteiger partial charge in [0.15, 0.2) is 0 Å². The minimum absolute atomic E-state index is 0.330. The Morgan fingerprint density at radius 2 is 1.47 bits per heavy atom. The molecule has 10 nitrogen and oxygen atoms in total. The van der Waals surface area contributed by atoms with Crippen LogP contribution in [-0.4, -0.2) is 26.0 Å². The number of phenols is 2. The van der Waals surface area contributed by atoms with E-state index in [1.54, 1.807) is 0 Å². The molecule has 0 radical (unpaired) electrons. The zero-order valence-electron chi connectivity index (χ0n) is 7.98. The molecule has 17 heavy (non-hydrogen) atoms. The van der Waals surface area contributed by atoms with Gasteiger partial charge in [-0.2, -0.15) is 0 Å². The van der Waals surface area contributed by atoms with E-state index in [2.05, 4.69) is 0 Å². The van der Waals surface area contributed by atoms with E-state index in [9.17, 15) is 35.2 Å². The number of benzene rings is 1. The van der Waals surface area contributed by atoms with Gasteiger partial charge in [-0.15, -0.1) is 0 Å². The quantitative estimate of drug-likeness (QED) is 0.495. The molecule has 10 heteroatoms. The molecule has 1 amide bonds. The largest absolute Gasteiger partial charge is 0.501 e. The number of nitro groups is 2. The molecule has 1 aromatic carbocycles. The first-order valence-electron chi connectivity index (χ1n) is 3.94. The lowest BCUT2D eigenvalue weighted by atomic mass is 10.1. The number of nitro benzene ring substituents is 2. The highest BCUT2D eigenvalue weighted by Gasteiger charge is 2.32. The first-order chi connectivity index (χ1) is 7.77. The van der Waals surface area contributed by atoms with Crippen LogP contribution in [0.4, 0.5) is 11.4 Å². The highest BCUT2D eigenvalue weighted by Crippen LogP contribution is 2.42. The van der Waals surface area contributed by atoms with E-state index in [-0.39, 0.29) is 0 Å². The molecule has 0 bridgehead atoms. The molecule has 0 aromatic heterocycles. The van der Waals surface area contributed by atoms with E-state index < -0.39 is 44.2 Å². The maximum Gasteiger partial charge on any atom is 0.318 e. The Labute approximate surface area is 92.2 Å². The van der Waals surface area contributed by atoms with Crippen LogP contribution in [0.5, 0.6) is 11.5 Å². The smallest absolute Gasteiger partial charge is 0.318 e. The Balaban J connectivity index is 3.76. The second-order valence-electron chi connectivity index (χ2n) is 2.87. The molecule has 0 saturated heterocycles. The van der Waals surface area contributed by atoms with Crippen LogP contribution in [0.15, 0.2) is 6.07 Å². The van der Waals surface area contributed by atoms with Crippen molar-refractivity contribution in [3.05, 3.63) is 31.9 Å². The number of hydrogen-bond donors (Lipinski definition) is 3. The van der Waals surface area contributed by atoms with Gasteiger partial charge in [-0.05, 0) is 0 Å². The van der Waals surface area contributed by atoms with Gasteiger partial charge in [0.25, 0.3) is 5.91 Å². The molecule has 0 spiro atoms. The van der Waals surface area contributed by atoms with Gasteiger partial charge in [0.2, 0.25) is 11.5 Å². The van der Waals surface area contributed by atoms with Crippen molar-refractivity contribution in [2.75, 3.05) is 0 Å². The third-order valence-corrected chi connectivity index (χ3v) is 1.87. The topological polar surface area (TPSA) is 170 Å². The van der Waals surface area contributed by atoms with Crippen molar-refractivity contribution in [1.29, 1.82) is 0 Å². The number of aromatic hydroxyl groups is 2. The summed E-state index contributed by atoms with van der Waals surface area (Å²) in [7, 11) is 0. The Morgan fingerprint density at radius 3 is 1.71 bits per heavy atom. The van der Waals surface area contributed by atoms with Crippen LogP contribution in [0.3, 0.4) is 0 Å². The number of carbonyl (C=O) groups is 1. The third kappa shape index (κ3) is 1.90. The molecule has 0 fully saturated rings. The van der Waals surface area contributed by atoms with E-state index >= 15 is 0 Å². The molecule has 1 rings (SSSR count). The van der Waals surface area contributed by atoms with E-state index in [4.69, 9.17) is 5.73 Å². The molecular formula is C7H5N3O7. The van der Waals surface area contributed by atoms with E-state index in [1.165, 1.54) is 0 Å². The zero-order valence-corrected chi connectivity index (χ0v) is 7.98. The van der Waals surface area contributed by atoms with Crippen LogP contribution in [0.2, 0.25) is 0 Å². The van der Waals surface area contributed by atoms with Crippen molar-refractivity contribution in [1.82, 2.24) is 0 Å². The van der Waals surface area contributed by atoms with Crippen LogP contribution in [0.25, 0.3) is 0 Å². The molecule has 90 valence electrons. The van der Waals surface area contributed by atoms with Crippen molar-refractivity contribution in [2.45, 2.75) is 0 Å². The van der Waals surface area contributed by atoms with Crippen molar-refractivity contribution < 1.29 is 24.9 Å². The molecule has 1 aromatic rings. The molecular weight excluding hydrogens is 238 g/mol. The number of nitrogens with two attached hydrogens (primary N) is 1. The summed E-state index contributed by atoms with van der Waals surface area (Å²) < 4.78 is 0. The zero-order chi connectivity index (χ0) is 13.3. The van der Waals surface area contributed by atoms with E-state index in [1.807, 2.05) is 0 Å². The SMILES string of the molecule is NC(=O)c1c(O)c([N+](=O)[O-])cc([N+](=O)[O-])c1O. The average Bonchev–Trinajstić information content (AvgIpc) is 2.15. The summed E-state index contributed by atoms with van der Waals surface area (Å²) in [6.07, 6.45) is 0. The van der Waals surface area contributed by atoms with Crippen LogP contribution in [0.1, 0.15) is 10.4 Å². The summed E-state index contributed by atoms with van der Waals surface area (Å²) in [5, 5.41) is 39.5. The number of hydrogen-bond acceptors (Lipinski definition) is 7. The van der Waals surface area contributed by atoms with Crippen molar-refractivity contribution in [2.24, 2.45) is 5.73 Å². The second-order valence-corrected chi connectivity index (χ2v) is 2.87. The van der Waals surface area contributed by atoms with Crippen LogP contribution < -0.4 is 5.73 Å². The van der Waals surface area contributed by atoms with Gasteiger partial charge in [-0.3, -0.25) is 25.0 Å². The predicted molar refractivity (Wildman–Crippen MR) is 51.6 cm³/mol. The van der Waals surface area contributed by atoms with Crippen molar-refractivity contribution in [3.8, 4) is 11.5 Å². The lowest BCUT2D eigenvalue weighted by Crippen LogP contribution is -2.13. The molecule has 0 aliphatic carbocycles. The number of carbonyl (C=O) groups excluding carboxylic acids is 1. The highest BCUT2D eigenvalue weighted by atomic mass is 16.6. The Bertz CT molecular complexity index is 501. The lowest BCUT2D eigenvalue weighted by Gasteiger charge is -2.04. The highest BCUT2D eigenvalue weighted by molar-refractivity contribution is 6.01. The molecule has 0 saturated carbocycles. The first kappa shape index (κ1) is 12.2. The van der Waals surface area contributed by atoms with Gasteiger partial charge in [0.1, 0.15) is 11.6 Å². The van der Waals surface area contributed by atoms with Gasteiger partial charge in [-0.25, -0.2) is 0 Å². The Kier molecular flexibility index (Phi) is 2.80. The summed E-state index contributed by atoms with van der Waals surface area (Å²) in [5.74, 6) is -3.86. The van der Waals surface area contributed by atoms with Gasteiger partial charge in [-0.1, -0.05) is 0 Å². The summed E-state index contributed by atoms with van der Waals surface area (Å²) >= 11 is 0. The standard InChI is InChI=1S/C7H5N3O7/c8-7(13)4-5(11)2(9(14)15)1-3(6(4)12)10(16)17/h1,11-12H,(H2,8,13). The fourth-order valence-electron chi connectivity index (χ4n) is 1.15. The minimum atomic E-state index is -1.42. The monoisotopic (exact) mass is 243 g/mol. The van der Waals surface area contributed by atoms with Crippen molar-refractivity contribution in [3.63, 3.8) is 0 Å². The van der Waals surface area contributed by atoms with Crippen molar-refractivity contribution >= 4 is 17.3 Å². The maximum absolute atomic E-state index is 10.8. The van der Waals surface area contributed by atoms with E-state index in [0.29, 0.717) is 6.07 Å². The molecule has 0 heterocycles. The summed E-state index contributed by atoms with van der Waals surface area (Å²) in [4.78, 5) is 29.5. The van der Waals surface area contributed by atoms with Gasteiger partial charge in [0, 0.05) is 0 Å². The summed E-state index contributed by atoms with van der Waals surface area (Å²) in [6, 6.07) is 0.330. The number of amides is 1. The first-order valence-corrected chi connectivity index (χ1v) is 3.94. The Hall–Kier alpha value is -2.91. The predicted octanol–water partition coefficient (Wildman–Crippen LogP) is 0.0131. The fourth-order valence-corrected chi connectivity index (χ4v) is 1.15. The fraction of sp³-hybridized carbons (Fsp3) is 0. The summed E-state index contributed by atoms with van der Waals surface area (Å²) in [5.41, 5.74) is 1.50. The van der Waals surface area contributed by atoms with Gasteiger partial charge in [0.05, 0.1) is 9.85 Å². The number of nitrogens with zero attached hydrogens (tertiary/aromatic N) is 2. The Morgan fingerprint density at radius 1 is 1.12 bits per heavy atom. The van der Waals surface area contributed by atoms with Crippen LogP contribution in [0, 0.1) is 20.2 Å². The second kappa shape index (κ2) is 3.92. The number of rotatable bonds is 3. The number of primary amides is 1. The van der Waals surface area contributed by atoms with Gasteiger partial charge >= 0.3 is 11.4 Å². The third-order valence-electron chi connectivity index (χ3n) is 1.87. The maximum atomic E-state index is 10.8. The molecule has 0 atom stereocenters. The molecule has 0 unspecified atom stereocenters. The summed E-state index contributed by atoms with van der Waals surface area (Å²) in [6.45, 7) is 0. The minimum Gasteiger partial charge on any atom is -0.501 e. The average molecular weight is 243 g/mol. The van der Waals surface area contributed by atoms with Crippen LogP contribution >= 0.6 is 0 Å². The normalized spacial score (nSPS) is 9.88. The lowest BCUT2D eigenvalue weighted by molar-refractivity contribution is -0.395. The molecule has 0 aliphatic heterocycles. The van der Waals surface area contributed by atoms with E-state index in [0.717, 1.165) is 0 Å². The molecule has 4 N–H and O–H groups in total. The molecule has 0 aliphatic rings.